The minimum absolute atomic E-state index is 0.203. The number of nitrogens with zero attached hydrogens (tertiary/aromatic N) is 1. The van der Waals surface area contributed by atoms with Gasteiger partial charge in [-0.3, -0.25) is 9.59 Å². The molecule has 1 aliphatic rings. The van der Waals surface area contributed by atoms with Crippen LogP contribution in [0.2, 0.25) is 0 Å². The number of carbonyl (C=O) groups excluding carboxylic acids is 1. The summed E-state index contributed by atoms with van der Waals surface area (Å²) in [4.78, 5) is 25.7. The second-order valence-corrected chi connectivity index (χ2v) is 7.75. The standard InChI is InChI=1S/C22H28N2O2/c1-22(2,17-12-8-6-9-13-17)23-20(25)18-15-16-11-7-4-5-10-14-19(16)24(3)21(18)26/h6,8-9,12-13,15H,4-5,7,10-11,14H2,1-3H3,(H,23,25). The van der Waals surface area contributed by atoms with Gasteiger partial charge in [-0.15, -0.1) is 0 Å². The maximum Gasteiger partial charge on any atom is 0.263 e. The normalized spacial score (nSPS) is 14.9. The highest BCUT2D eigenvalue weighted by atomic mass is 16.2. The average Bonchev–Trinajstić information content (AvgIpc) is 2.59. The lowest BCUT2D eigenvalue weighted by atomic mass is 9.93. The zero-order valence-electron chi connectivity index (χ0n) is 16.0. The zero-order chi connectivity index (χ0) is 18.7. The summed E-state index contributed by atoms with van der Waals surface area (Å²) < 4.78 is 1.69. The Morgan fingerprint density at radius 3 is 2.38 bits per heavy atom. The van der Waals surface area contributed by atoms with Crippen LogP contribution in [0, 0.1) is 0 Å². The Balaban J connectivity index is 1.93. The molecular formula is C22H28N2O2. The van der Waals surface area contributed by atoms with Crippen LogP contribution in [-0.4, -0.2) is 10.5 Å². The summed E-state index contributed by atoms with van der Waals surface area (Å²) in [5.41, 5.74) is 2.74. The Morgan fingerprint density at radius 2 is 1.69 bits per heavy atom. The summed E-state index contributed by atoms with van der Waals surface area (Å²) in [7, 11) is 1.79. The van der Waals surface area contributed by atoms with Crippen LogP contribution in [0.1, 0.15) is 66.7 Å². The van der Waals surface area contributed by atoms with Gasteiger partial charge in [0.2, 0.25) is 0 Å². The summed E-state index contributed by atoms with van der Waals surface area (Å²) in [5, 5.41) is 3.04. The van der Waals surface area contributed by atoms with E-state index in [2.05, 4.69) is 5.32 Å². The smallest absolute Gasteiger partial charge is 0.263 e. The summed E-state index contributed by atoms with van der Waals surface area (Å²) in [6.45, 7) is 3.91. The third-order valence-electron chi connectivity index (χ3n) is 5.40. The molecule has 0 saturated heterocycles. The minimum atomic E-state index is -0.548. The molecule has 3 rings (SSSR count). The van der Waals surface area contributed by atoms with Crippen LogP contribution in [0.4, 0.5) is 0 Å². The molecule has 0 bridgehead atoms. The molecule has 1 amide bonds. The van der Waals surface area contributed by atoms with Crippen molar-refractivity contribution in [1.82, 2.24) is 9.88 Å². The van der Waals surface area contributed by atoms with Crippen LogP contribution in [0.5, 0.6) is 0 Å². The van der Waals surface area contributed by atoms with Crippen LogP contribution in [0.3, 0.4) is 0 Å². The fraction of sp³-hybridized carbons (Fsp3) is 0.455. The molecule has 1 N–H and O–H groups in total. The Bertz CT molecular complexity index is 850. The number of nitrogens with one attached hydrogen (secondary N) is 1. The number of aromatic nitrogens is 1. The van der Waals surface area contributed by atoms with Gasteiger partial charge in [0.25, 0.3) is 11.5 Å². The van der Waals surface area contributed by atoms with E-state index in [1.807, 2.05) is 50.2 Å². The lowest BCUT2D eigenvalue weighted by Gasteiger charge is -2.27. The van der Waals surface area contributed by atoms with E-state index in [9.17, 15) is 9.59 Å². The second kappa shape index (κ2) is 7.48. The van der Waals surface area contributed by atoms with Gasteiger partial charge in [-0.05, 0) is 56.7 Å². The van der Waals surface area contributed by atoms with Gasteiger partial charge in [0.15, 0.2) is 0 Å². The number of aryl methyl sites for hydroxylation is 1. The Morgan fingerprint density at radius 1 is 1.04 bits per heavy atom. The van der Waals surface area contributed by atoms with Gasteiger partial charge in [-0.1, -0.05) is 43.2 Å². The van der Waals surface area contributed by atoms with E-state index >= 15 is 0 Å². The molecule has 0 unspecified atom stereocenters. The summed E-state index contributed by atoms with van der Waals surface area (Å²) >= 11 is 0. The van der Waals surface area contributed by atoms with E-state index in [0.29, 0.717) is 0 Å². The number of rotatable bonds is 3. The van der Waals surface area contributed by atoms with Crippen LogP contribution < -0.4 is 10.9 Å². The predicted molar refractivity (Wildman–Crippen MR) is 104 cm³/mol. The highest BCUT2D eigenvalue weighted by molar-refractivity contribution is 5.94. The molecule has 4 heteroatoms. The molecular weight excluding hydrogens is 324 g/mol. The lowest BCUT2D eigenvalue weighted by molar-refractivity contribution is 0.0909. The van der Waals surface area contributed by atoms with E-state index in [1.54, 1.807) is 11.6 Å². The molecule has 0 fully saturated rings. The topological polar surface area (TPSA) is 51.1 Å². The number of amides is 1. The Hall–Kier alpha value is -2.36. The van der Waals surface area contributed by atoms with Gasteiger partial charge in [0.1, 0.15) is 5.56 Å². The van der Waals surface area contributed by atoms with Crippen LogP contribution in [-0.2, 0) is 25.4 Å². The molecule has 0 radical (unpaired) electrons. The predicted octanol–water partition coefficient (Wildman–Crippen LogP) is 3.71. The molecule has 0 atom stereocenters. The molecule has 26 heavy (non-hydrogen) atoms. The lowest BCUT2D eigenvalue weighted by Crippen LogP contribution is -2.43. The van der Waals surface area contributed by atoms with Crippen molar-refractivity contribution < 1.29 is 4.79 Å². The van der Waals surface area contributed by atoms with Gasteiger partial charge in [0, 0.05) is 12.7 Å². The summed E-state index contributed by atoms with van der Waals surface area (Å²) in [6, 6.07) is 11.7. The maximum atomic E-state index is 12.9. The fourth-order valence-corrected chi connectivity index (χ4v) is 3.78. The van der Waals surface area contributed by atoms with Crippen molar-refractivity contribution in [1.29, 1.82) is 0 Å². The van der Waals surface area contributed by atoms with Crippen LogP contribution in [0.15, 0.2) is 41.2 Å². The number of hydrogen-bond donors (Lipinski definition) is 1. The van der Waals surface area contributed by atoms with E-state index < -0.39 is 5.54 Å². The molecule has 1 aromatic carbocycles. The molecule has 4 nitrogen and oxygen atoms in total. The first kappa shape index (κ1) is 18.4. The van der Waals surface area contributed by atoms with Crippen molar-refractivity contribution in [3.8, 4) is 0 Å². The molecule has 2 aromatic rings. The van der Waals surface area contributed by atoms with Crippen molar-refractivity contribution in [3.05, 3.63) is 69.1 Å². The molecule has 138 valence electrons. The van der Waals surface area contributed by atoms with Crippen molar-refractivity contribution >= 4 is 5.91 Å². The Kier molecular flexibility index (Phi) is 5.30. The van der Waals surface area contributed by atoms with Gasteiger partial charge >= 0.3 is 0 Å². The molecule has 1 aliphatic carbocycles. The summed E-state index contributed by atoms with van der Waals surface area (Å²) in [6.07, 6.45) is 6.49. The van der Waals surface area contributed by atoms with E-state index in [4.69, 9.17) is 0 Å². The fourth-order valence-electron chi connectivity index (χ4n) is 3.78. The van der Waals surface area contributed by atoms with E-state index in [-0.39, 0.29) is 17.0 Å². The number of hydrogen-bond acceptors (Lipinski definition) is 2. The summed E-state index contributed by atoms with van der Waals surface area (Å²) in [5.74, 6) is -0.302. The van der Waals surface area contributed by atoms with Crippen LogP contribution in [0.25, 0.3) is 0 Å². The van der Waals surface area contributed by atoms with E-state index in [0.717, 1.165) is 42.5 Å². The molecule has 0 saturated carbocycles. The van der Waals surface area contributed by atoms with Crippen molar-refractivity contribution in [2.45, 2.75) is 57.9 Å². The zero-order valence-corrected chi connectivity index (χ0v) is 16.0. The highest BCUT2D eigenvalue weighted by Gasteiger charge is 2.26. The SMILES string of the molecule is Cn1c2c(cc(C(=O)NC(C)(C)c3ccccc3)c1=O)CCCCCC2. The minimum Gasteiger partial charge on any atom is -0.343 e. The molecule has 1 aromatic heterocycles. The third-order valence-corrected chi connectivity index (χ3v) is 5.40. The van der Waals surface area contributed by atoms with Crippen molar-refractivity contribution in [3.63, 3.8) is 0 Å². The molecule has 0 aliphatic heterocycles. The van der Waals surface area contributed by atoms with Crippen molar-refractivity contribution in [2.24, 2.45) is 7.05 Å². The van der Waals surface area contributed by atoms with Gasteiger partial charge < -0.3 is 9.88 Å². The average molecular weight is 352 g/mol. The maximum absolute atomic E-state index is 12.9. The number of pyridine rings is 1. The van der Waals surface area contributed by atoms with Gasteiger partial charge in [-0.25, -0.2) is 0 Å². The molecule has 1 heterocycles. The number of benzene rings is 1. The quantitative estimate of drug-likeness (QED) is 0.915. The largest absolute Gasteiger partial charge is 0.343 e. The first-order chi connectivity index (χ1) is 12.4. The first-order valence-corrected chi connectivity index (χ1v) is 9.50. The number of fused-ring (bicyclic) bond motifs is 1. The molecule has 0 spiro atoms. The van der Waals surface area contributed by atoms with E-state index in [1.165, 1.54) is 12.8 Å². The third kappa shape index (κ3) is 3.74. The first-order valence-electron chi connectivity index (χ1n) is 9.50. The highest BCUT2D eigenvalue weighted by Crippen LogP contribution is 2.22. The van der Waals surface area contributed by atoms with Crippen LogP contribution >= 0.6 is 0 Å². The van der Waals surface area contributed by atoms with Gasteiger partial charge in [0.05, 0.1) is 5.54 Å². The van der Waals surface area contributed by atoms with Gasteiger partial charge in [-0.2, -0.15) is 0 Å². The second-order valence-electron chi connectivity index (χ2n) is 7.75. The Labute approximate surface area is 155 Å². The monoisotopic (exact) mass is 352 g/mol. The van der Waals surface area contributed by atoms with Crippen molar-refractivity contribution in [2.75, 3.05) is 0 Å². The number of carbonyl (C=O) groups is 1.